The number of fused-ring (bicyclic) bond motifs is 1. The molecule has 0 aliphatic carbocycles. The van der Waals surface area contributed by atoms with Crippen LogP contribution in [0.15, 0.2) is 83.9 Å². The lowest BCUT2D eigenvalue weighted by Gasteiger charge is -2.13. The molecule has 1 fully saturated rings. The number of hydrogen-bond donors (Lipinski definition) is 0. The van der Waals surface area contributed by atoms with E-state index in [9.17, 15) is 9.59 Å². The van der Waals surface area contributed by atoms with Crippen molar-refractivity contribution in [3.63, 3.8) is 0 Å². The highest BCUT2D eigenvalue weighted by Crippen LogP contribution is 2.36. The molecule has 5 nitrogen and oxygen atoms in total. The fourth-order valence-corrected chi connectivity index (χ4v) is 5.41. The molecular weight excluding hydrogens is 515 g/mol. The SMILES string of the molecule is O=C1S/C(=C\c2cn(CCCOc3ccccc3)c3ccccc23)C(=O)N1Cc1ccc(Cl)cc1Cl. The number of thioether (sulfide) groups is 1. The van der Waals surface area contributed by atoms with Crippen LogP contribution < -0.4 is 4.74 Å². The number of benzene rings is 3. The summed E-state index contributed by atoms with van der Waals surface area (Å²) in [5, 5.41) is 1.62. The van der Waals surface area contributed by atoms with Gasteiger partial charge in [0.05, 0.1) is 18.1 Å². The number of ether oxygens (including phenoxy) is 1. The molecule has 0 spiro atoms. The van der Waals surface area contributed by atoms with Crippen molar-refractivity contribution in [2.75, 3.05) is 6.61 Å². The minimum absolute atomic E-state index is 0.0984. The molecule has 0 atom stereocenters. The highest BCUT2D eigenvalue weighted by Gasteiger charge is 2.35. The molecule has 5 rings (SSSR count). The monoisotopic (exact) mass is 536 g/mol. The van der Waals surface area contributed by atoms with Gasteiger partial charge in [0.2, 0.25) is 0 Å². The number of hydrogen-bond acceptors (Lipinski definition) is 4. The number of halogens is 2. The van der Waals surface area contributed by atoms with Crippen LogP contribution in [0.25, 0.3) is 17.0 Å². The van der Waals surface area contributed by atoms with Crippen molar-refractivity contribution in [3.8, 4) is 5.75 Å². The summed E-state index contributed by atoms with van der Waals surface area (Å²) in [6.45, 7) is 1.46. The molecular formula is C28H22Cl2N2O3S. The van der Waals surface area contributed by atoms with Gasteiger partial charge < -0.3 is 9.30 Å². The Kier molecular flexibility index (Phi) is 7.37. The minimum atomic E-state index is -0.330. The quantitative estimate of drug-likeness (QED) is 0.171. The first-order valence-electron chi connectivity index (χ1n) is 11.4. The molecule has 4 aromatic rings. The van der Waals surface area contributed by atoms with E-state index in [4.69, 9.17) is 27.9 Å². The molecule has 0 bridgehead atoms. The summed E-state index contributed by atoms with van der Waals surface area (Å²) in [5.41, 5.74) is 2.62. The zero-order valence-corrected chi connectivity index (χ0v) is 21.5. The van der Waals surface area contributed by atoms with Crippen molar-refractivity contribution >= 4 is 63.1 Å². The predicted molar refractivity (Wildman–Crippen MR) is 146 cm³/mol. The Morgan fingerprint density at radius 1 is 0.944 bits per heavy atom. The van der Waals surface area contributed by atoms with Crippen molar-refractivity contribution in [3.05, 3.63) is 105 Å². The highest BCUT2D eigenvalue weighted by molar-refractivity contribution is 8.18. The van der Waals surface area contributed by atoms with Gasteiger partial charge in [-0.2, -0.15) is 0 Å². The molecule has 0 unspecified atom stereocenters. The second-order valence-corrected chi connectivity index (χ2v) is 10.2. The Labute approximate surface area is 223 Å². The highest BCUT2D eigenvalue weighted by atomic mass is 35.5. The van der Waals surface area contributed by atoms with Crippen molar-refractivity contribution < 1.29 is 14.3 Å². The third-order valence-corrected chi connectivity index (χ3v) is 7.37. The lowest BCUT2D eigenvalue weighted by Crippen LogP contribution is -2.27. The number of imide groups is 1. The summed E-state index contributed by atoms with van der Waals surface area (Å²) in [4.78, 5) is 27.4. The first-order valence-corrected chi connectivity index (χ1v) is 13.0. The average molecular weight is 537 g/mol. The first kappa shape index (κ1) is 24.5. The van der Waals surface area contributed by atoms with Crippen molar-refractivity contribution in [1.29, 1.82) is 0 Å². The summed E-state index contributed by atoms with van der Waals surface area (Å²) < 4.78 is 7.98. The van der Waals surface area contributed by atoms with Crippen LogP contribution in [-0.4, -0.2) is 27.2 Å². The standard InChI is InChI=1S/C28H22Cl2N2O3S/c29-21-12-11-19(24(30)16-21)18-32-27(33)26(36-28(32)34)15-20-17-31(25-10-5-4-9-23(20)25)13-6-14-35-22-7-2-1-3-8-22/h1-5,7-12,15-17H,6,13-14,18H2/b26-15-. The molecule has 3 aromatic carbocycles. The molecule has 2 amide bonds. The molecule has 1 aliphatic heterocycles. The van der Waals surface area contributed by atoms with Crippen LogP contribution in [0.3, 0.4) is 0 Å². The zero-order valence-electron chi connectivity index (χ0n) is 19.2. The minimum Gasteiger partial charge on any atom is -0.494 e. The Morgan fingerprint density at radius 3 is 2.53 bits per heavy atom. The van der Waals surface area contributed by atoms with E-state index in [0.29, 0.717) is 27.1 Å². The van der Waals surface area contributed by atoms with Gasteiger partial charge in [-0.15, -0.1) is 0 Å². The molecule has 1 saturated heterocycles. The van der Waals surface area contributed by atoms with Gasteiger partial charge in [-0.25, -0.2) is 0 Å². The van der Waals surface area contributed by atoms with E-state index in [-0.39, 0.29) is 17.7 Å². The Bertz CT molecular complexity index is 1470. The summed E-state index contributed by atoms with van der Waals surface area (Å²) >= 11 is 13.2. The van der Waals surface area contributed by atoms with Gasteiger partial charge in [0, 0.05) is 39.3 Å². The van der Waals surface area contributed by atoms with Gasteiger partial charge in [-0.3, -0.25) is 14.5 Å². The van der Waals surface area contributed by atoms with Gasteiger partial charge in [0.15, 0.2) is 0 Å². The van der Waals surface area contributed by atoms with E-state index in [1.54, 1.807) is 24.3 Å². The van der Waals surface area contributed by atoms with E-state index in [0.717, 1.165) is 46.9 Å². The Hall–Kier alpha value is -3.19. The average Bonchev–Trinajstić information content (AvgIpc) is 3.36. The van der Waals surface area contributed by atoms with Gasteiger partial charge in [-0.1, -0.05) is 65.7 Å². The number of aryl methyl sites for hydroxylation is 1. The van der Waals surface area contributed by atoms with E-state index in [1.165, 1.54) is 4.90 Å². The number of aromatic nitrogens is 1. The number of amides is 2. The second-order valence-electron chi connectivity index (χ2n) is 8.31. The van der Waals surface area contributed by atoms with Crippen LogP contribution in [0.1, 0.15) is 17.5 Å². The number of carbonyl (C=O) groups excluding carboxylic acids is 2. The molecule has 0 radical (unpaired) electrons. The maximum atomic E-state index is 13.1. The normalized spacial score (nSPS) is 14.8. The van der Waals surface area contributed by atoms with Gasteiger partial charge >= 0.3 is 0 Å². The third-order valence-electron chi connectivity index (χ3n) is 5.88. The molecule has 0 N–H and O–H groups in total. The first-order chi connectivity index (χ1) is 17.5. The van der Waals surface area contributed by atoms with E-state index in [2.05, 4.69) is 10.6 Å². The van der Waals surface area contributed by atoms with Gasteiger partial charge in [0.1, 0.15) is 5.75 Å². The predicted octanol–water partition coefficient (Wildman–Crippen LogP) is 7.65. The van der Waals surface area contributed by atoms with Crippen LogP contribution in [0.2, 0.25) is 10.0 Å². The molecule has 182 valence electrons. The largest absolute Gasteiger partial charge is 0.494 e. The molecule has 1 aliphatic rings. The van der Waals surface area contributed by atoms with Crippen molar-refractivity contribution in [2.24, 2.45) is 0 Å². The maximum Gasteiger partial charge on any atom is 0.293 e. The van der Waals surface area contributed by atoms with Crippen LogP contribution in [0, 0.1) is 0 Å². The van der Waals surface area contributed by atoms with Gasteiger partial charge in [0.25, 0.3) is 11.1 Å². The topological polar surface area (TPSA) is 51.5 Å². The maximum absolute atomic E-state index is 13.1. The number of para-hydroxylation sites is 2. The molecule has 2 heterocycles. The van der Waals surface area contributed by atoms with Crippen LogP contribution >= 0.6 is 35.0 Å². The Balaban J connectivity index is 1.33. The molecule has 36 heavy (non-hydrogen) atoms. The second kappa shape index (κ2) is 10.8. The fraction of sp³-hybridized carbons (Fsp3) is 0.143. The van der Waals surface area contributed by atoms with Crippen molar-refractivity contribution in [1.82, 2.24) is 9.47 Å². The lowest BCUT2D eigenvalue weighted by atomic mass is 10.1. The van der Waals surface area contributed by atoms with E-state index in [1.807, 2.05) is 54.7 Å². The third kappa shape index (κ3) is 5.31. The van der Waals surface area contributed by atoms with E-state index >= 15 is 0 Å². The Morgan fingerprint density at radius 2 is 1.72 bits per heavy atom. The van der Waals surface area contributed by atoms with E-state index < -0.39 is 0 Å². The lowest BCUT2D eigenvalue weighted by molar-refractivity contribution is -0.123. The van der Waals surface area contributed by atoms with Gasteiger partial charge in [-0.05, 0) is 60.2 Å². The summed E-state index contributed by atoms with van der Waals surface area (Å²) in [7, 11) is 0. The summed E-state index contributed by atoms with van der Waals surface area (Å²) in [6.07, 6.45) is 4.65. The van der Waals surface area contributed by atoms with Crippen LogP contribution in [-0.2, 0) is 17.9 Å². The van der Waals surface area contributed by atoms with Crippen LogP contribution in [0.5, 0.6) is 5.75 Å². The summed E-state index contributed by atoms with van der Waals surface area (Å²) in [6, 6.07) is 22.8. The van der Waals surface area contributed by atoms with Crippen molar-refractivity contribution in [2.45, 2.75) is 19.5 Å². The molecule has 1 aromatic heterocycles. The number of nitrogens with zero attached hydrogens (tertiary/aromatic N) is 2. The summed E-state index contributed by atoms with van der Waals surface area (Å²) in [5.74, 6) is 0.523. The molecule has 8 heteroatoms. The fourth-order valence-electron chi connectivity index (χ4n) is 4.11. The zero-order chi connectivity index (χ0) is 25.1. The number of carbonyl (C=O) groups is 2. The smallest absolute Gasteiger partial charge is 0.293 e. The molecule has 0 saturated carbocycles. The van der Waals surface area contributed by atoms with Crippen LogP contribution in [0.4, 0.5) is 4.79 Å². The number of rotatable bonds is 8.